The van der Waals surface area contributed by atoms with Crippen LogP contribution in [0, 0.1) is 6.92 Å². The Labute approximate surface area is 144 Å². The fraction of sp³-hybridized carbons (Fsp3) is 0.167. The number of amides is 1. The third-order valence-corrected chi connectivity index (χ3v) is 3.92. The molecule has 0 saturated heterocycles. The van der Waals surface area contributed by atoms with Crippen molar-refractivity contribution in [3.8, 4) is 11.4 Å². The summed E-state index contributed by atoms with van der Waals surface area (Å²) < 4.78 is 5.27. The second kappa shape index (κ2) is 6.84. The van der Waals surface area contributed by atoms with Crippen LogP contribution in [0.3, 0.4) is 0 Å². The number of nitrogens with zero attached hydrogens (tertiary/aromatic N) is 2. The van der Waals surface area contributed by atoms with Crippen LogP contribution in [0.4, 0.5) is 0 Å². The largest absolute Gasteiger partial charge is 0.340 e. The molecule has 1 aromatic heterocycles. The zero-order valence-electron chi connectivity index (χ0n) is 13.3. The number of halogens is 1. The summed E-state index contributed by atoms with van der Waals surface area (Å²) in [4.78, 5) is 16.6. The summed E-state index contributed by atoms with van der Waals surface area (Å²) >= 11 is 6.03. The van der Waals surface area contributed by atoms with Crippen molar-refractivity contribution < 1.29 is 9.32 Å². The molecule has 1 amide bonds. The summed E-state index contributed by atoms with van der Waals surface area (Å²) in [7, 11) is 0. The van der Waals surface area contributed by atoms with Crippen molar-refractivity contribution in [1.29, 1.82) is 0 Å². The van der Waals surface area contributed by atoms with Gasteiger partial charge in [-0.25, -0.2) is 0 Å². The van der Waals surface area contributed by atoms with Gasteiger partial charge >= 0.3 is 0 Å². The third-order valence-electron chi connectivity index (χ3n) is 3.59. The van der Waals surface area contributed by atoms with Crippen LogP contribution in [0.25, 0.3) is 11.4 Å². The Morgan fingerprint density at radius 3 is 2.58 bits per heavy atom. The van der Waals surface area contributed by atoms with E-state index in [0.29, 0.717) is 22.3 Å². The minimum Gasteiger partial charge on any atom is -0.340 e. The van der Waals surface area contributed by atoms with Crippen molar-refractivity contribution in [2.45, 2.75) is 19.9 Å². The average Bonchev–Trinajstić information content (AvgIpc) is 3.06. The highest BCUT2D eigenvalue weighted by Gasteiger charge is 2.19. The molecular weight excluding hydrogens is 326 g/mol. The minimum absolute atomic E-state index is 0.289. The molecule has 0 bridgehead atoms. The van der Waals surface area contributed by atoms with E-state index in [1.54, 1.807) is 31.2 Å². The van der Waals surface area contributed by atoms with Crippen molar-refractivity contribution in [2.75, 3.05) is 0 Å². The topological polar surface area (TPSA) is 68.0 Å². The van der Waals surface area contributed by atoms with Crippen LogP contribution in [0.1, 0.15) is 34.8 Å². The van der Waals surface area contributed by atoms with Crippen molar-refractivity contribution in [2.24, 2.45) is 0 Å². The number of hydrogen-bond donors (Lipinski definition) is 1. The van der Waals surface area contributed by atoms with Crippen LogP contribution in [-0.4, -0.2) is 16.0 Å². The van der Waals surface area contributed by atoms with E-state index in [-0.39, 0.29) is 5.91 Å². The summed E-state index contributed by atoms with van der Waals surface area (Å²) in [6, 6.07) is 14.2. The molecule has 0 spiro atoms. The van der Waals surface area contributed by atoms with Crippen molar-refractivity contribution >= 4 is 17.5 Å². The molecule has 5 nitrogen and oxygen atoms in total. The SMILES string of the molecule is Cc1ccc(-c2noc([C@H](C)NC(=O)c3ccccc3Cl)n2)cc1. The molecule has 24 heavy (non-hydrogen) atoms. The molecule has 3 rings (SSSR count). The third kappa shape index (κ3) is 3.46. The number of rotatable bonds is 4. The van der Waals surface area contributed by atoms with Gasteiger partial charge in [0.1, 0.15) is 6.04 Å². The lowest BCUT2D eigenvalue weighted by Gasteiger charge is -2.10. The van der Waals surface area contributed by atoms with E-state index in [2.05, 4.69) is 15.5 Å². The van der Waals surface area contributed by atoms with E-state index in [1.807, 2.05) is 31.2 Å². The number of benzene rings is 2. The van der Waals surface area contributed by atoms with Gasteiger partial charge in [-0.05, 0) is 26.0 Å². The Bertz CT molecular complexity index is 859. The molecule has 1 N–H and O–H groups in total. The summed E-state index contributed by atoms with van der Waals surface area (Å²) in [5.74, 6) is 0.540. The van der Waals surface area contributed by atoms with Crippen LogP contribution in [0.2, 0.25) is 5.02 Å². The molecule has 1 heterocycles. The van der Waals surface area contributed by atoms with Gasteiger partial charge in [0.05, 0.1) is 10.6 Å². The maximum absolute atomic E-state index is 12.3. The van der Waals surface area contributed by atoms with Gasteiger partial charge in [-0.1, -0.05) is 58.7 Å². The van der Waals surface area contributed by atoms with E-state index < -0.39 is 6.04 Å². The first-order chi connectivity index (χ1) is 11.5. The Kier molecular flexibility index (Phi) is 4.62. The minimum atomic E-state index is -0.430. The van der Waals surface area contributed by atoms with Crippen LogP contribution < -0.4 is 5.32 Å². The second-order valence-corrected chi connectivity index (χ2v) is 5.90. The smallest absolute Gasteiger partial charge is 0.253 e. The lowest BCUT2D eigenvalue weighted by atomic mass is 10.1. The van der Waals surface area contributed by atoms with Gasteiger partial charge in [-0.15, -0.1) is 0 Å². The summed E-state index contributed by atoms with van der Waals surface area (Å²) in [6.07, 6.45) is 0. The highest BCUT2D eigenvalue weighted by molar-refractivity contribution is 6.33. The van der Waals surface area contributed by atoms with Gasteiger partial charge < -0.3 is 9.84 Å². The molecule has 0 aliphatic heterocycles. The Hall–Kier alpha value is -2.66. The van der Waals surface area contributed by atoms with E-state index in [1.165, 1.54) is 0 Å². The maximum atomic E-state index is 12.3. The van der Waals surface area contributed by atoms with Gasteiger partial charge in [-0.2, -0.15) is 4.98 Å². The number of aromatic nitrogens is 2. The van der Waals surface area contributed by atoms with Gasteiger partial charge in [0.15, 0.2) is 0 Å². The molecule has 0 radical (unpaired) electrons. The molecule has 0 unspecified atom stereocenters. The van der Waals surface area contributed by atoms with E-state index >= 15 is 0 Å². The Morgan fingerprint density at radius 1 is 1.17 bits per heavy atom. The molecule has 0 aliphatic rings. The number of carbonyl (C=O) groups is 1. The first kappa shape index (κ1) is 16.2. The average molecular weight is 342 g/mol. The van der Waals surface area contributed by atoms with Gasteiger partial charge in [0.2, 0.25) is 11.7 Å². The second-order valence-electron chi connectivity index (χ2n) is 5.50. The van der Waals surface area contributed by atoms with Crippen LogP contribution in [0.5, 0.6) is 0 Å². The van der Waals surface area contributed by atoms with Crippen LogP contribution in [0.15, 0.2) is 53.1 Å². The molecule has 0 aliphatic carbocycles. The standard InChI is InChI=1S/C18H16ClN3O2/c1-11-7-9-13(10-8-11)16-21-18(24-22-16)12(2)20-17(23)14-5-3-4-6-15(14)19/h3-10,12H,1-2H3,(H,20,23)/t12-/m0/s1. The molecule has 0 saturated carbocycles. The van der Waals surface area contributed by atoms with Crippen molar-refractivity contribution in [3.05, 3.63) is 70.6 Å². The highest BCUT2D eigenvalue weighted by atomic mass is 35.5. The quantitative estimate of drug-likeness (QED) is 0.772. The summed E-state index contributed by atoms with van der Waals surface area (Å²) in [6.45, 7) is 3.79. The monoisotopic (exact) mass is 341 g/mol. The van der Waals surface area contributed by atoms with Gasteiger partial charge in [0.25, 0.3) is 5.91 Å². The van der Waals surface area contributed by atoms with Crippen LogP contribution >= 0.6 is 11.6 Å². The molecular formula is C18H16ClN3O2. The van der Waals surface area contributed by atoms with Gasteiger partial charge in [-0.3, -0.25) is 4.79 Å². The first-order valence-electron chi connectivity index (χ1n) is 7.50. The zero-order chi connectivity index (χ0) is 17.1. The van der Waals surface area contributed by atoms with E-state index in [9.17, 15) is 4.79 Å². The van der Waals surface area contributed by atoms with E-state index in [4.69, 9.17) is 16.1 Å². The lowest BCUT2D eigenvalue weighted by Crippen LogP contribution is -2.27. The first-order valence-corrected chi connectivity index (χ1v) is 7.88. The summed E-state index contributed by atoms with van der Waals surface area (Å²) in [5, 5.41) is 7.18. The fourth-order valence-corrected chi connectivity index (χ4v) is 2.43. The Balaban J connectivity index is 1.74. The number of carbonyl (C=O) groups excluding carboxylic acids is 1. The fourth-order valence-electron chi connectivity index (χ4n) is 2.21. The molecule has 0 fully saturated rings. The molecule has 6 heteroatoms. The Morgan fingerprint density at radius 2 is 1.88 bits per heavy atom. The molecule has 2 aromatic carbocycles. The lowest BCUT2D eigenvalue weighted by molar-refractivity contribution is 0.0932. The molecule has 3 aromatic rings. The maximum Gasteiger partial charge on any atom is 0.253 e. The number of aryl methyl sites for hydroxylation is 1. The summed E-state index contributed by atoms with van der Waals surface area (Å²) in [5.41, 5.74) is 2.42. The normalized spacial score (nSPS) is 12.0. The molecule has 122 valence electrons. The van der Waals surface area contributed by atoms with Crippen molar-refractivity contribution in [1.82, 2.24) is 15.5 Å². The molecule has 1 atom stereocenters. The predicted molar refractivity (Wildman–Crippen MR) is 91.8 cm³/mol. The highest BCUT2D eigenvalue weighted by Crippen LogP contribution is 2.20. The van der Waals surface area contributed by atoms with E-state index in [0.717, 1.165) is 11.1 Å². The van der Waals surface area contributed by atoms with Crippen molar-refractivity contribution in [3.63, 3.8) is 0 Å². The van der Waals surface area contributed by atoms with Crippen LogP contribution in [-0.2, 0) is 0 Å². The zero-order valence-corrected chi connectivity index (χ0v) is 14.0. The number of hydrogen-bond acceptors (Lipinski definition) is 4. The van der Waals surface area contributed by atoms with Gasteiger partial charge in [0, 0.05) is 5.56 Å². The number of nitrogens with one attached hydrogen (secondary N) is 1. The predicted octanol–water partition coefficient (Wildman–Crippen LogP) is 4.19.